The van der Waals surface area contributed by atoms with Crippen molar-refractivity contribution in [3.05, 3.63) is 58.9 Å². The van der Waals surface area contributed by atoms with Gasteiger partial charge in [-0.05, 0) is 68.0 Å². The Hall–Kier alpha value is -2.40. The summed E-state index contributed by atoms with van der Waals surface area (Å²) in [6.07, 6.45) is 4.92. The maximum Gasteiger partial charge on any atom is 0.345 e. The predicted molar refractivity (Wildman–Crippen MR) is 104 cm³/mol. The van der Waals surface area contributed by atoms with E-state index in [4.69, 9.17) is 21.1 Å². The SMILES string of the molecule is CCC1CCC(C(=O)Oc2ccc(C(=O)Oc3ccc(F)cc3)c(Cl)c2)CC1. The molecule has 3 rings (SSSR count). The van der Waals surface area contributed by atoms with Crippen LogP contribution in [0.5, 0.6) is 11.5 Å². The molecule has 0 amide bonds. The molecule has 1 fully saturated rings. The molecule has 1 aliphatic rings. The molecule has 0 saturated heterocycles. The lowest BCUT2D eigenvalue weighted by Crippen LogP contribution is -2.25. The van der Waals surface area contributed by atoms with E-state index in [1.807, 2.05) is 0 Å². The standard InChI is InChI=1S/C22H22ClFO4/c1-2-14-3-5-15(6-4-14)21(25)28-18-11-12-19(20(23)13-18)22(26)27-17-9-7-16(24)8-10-17/h7-15H,2-6H2,1H3. The minimum Gasteiger partial charge on any atom is -0.426 e. The van der Waals surface area contributed by atoms with Crippen LogP contribution in [-0.4, -0.2) is 11.9 Å². The van der Waals surface area contributed by atoms with Crippen molar-refractivity contribution in [2.24, 2.45) is 11.8 Å². The van der Waals surface area contributed by atoms with Gasteiger partial charge in [-0.1, -0.05) is 24.9 Å². The maximum absolute atomic E-state index is 12.9. The number of hydrogen-bond acceptors (Lipinski definition) is 4. The van der Waals surface area contributed by atoms with Crippen molar-refractivity contribution in [3.8, 4) is 11.5 Å². The minimum atomic E-state index is -0.674. The molecule has 0 spiro atoms. The van der Waals surface area contributed by atoms with Gasteiger partial charge in [0.05, 0.1) is 16.5 Å². The number of hydrogen-bond donors (Lipinski definition) is 0. The molecule has 0 heterocycles. The molecule has 0 aromatic heterocycles. The van der Waals surface area contributed by atoms with E-state index in [9.17, 15) is 14.0 Å². The highest BCUT2D eigenvalue weighted by atomic mass is 35.5. The molecule has 0 N–H and O–H groups in total. The summed E-state index contributed by atoms with van der Waals surface area (Å²) in [7, 11) is 0. The van der Waals surface area contributed by atoms with Crippen molar-refractivity contribution in [2.75, 3.05) is 0 Å². The normalized spacial score (nSPS) is 19.1. The highest BCUT2D eigenvalue weighted by Crippen LogP contribution is 2.32. The number of rotatable bonds is 5. The van der Waals surface area contributed by atoms with E-state index in [0.29, 0.717) is 11.7 Å². The molecular formula is C22H22ClFO4. The van der Waals surface area contributed by atoms with Gasteiger partial charge < -0.3 is 9.47 Å². The summed E-state index contributed by atoms with van der Waals surface area (Å²) in [6, 6.07) is 9.49. The fraction of sp³-hybridized carbons (Fsp3) is 0.364. The first kappa shape index (κ1) is 20.3. The van der Waals surface area contributed by atoms with Gasteiger partial charge in [-0.15, -0.1) is 0 Å². The smallest absolute Gasteiger partial charge is 0.345 e. The van der Waals surface area contributed by atoms with E-state index in [0.717, 1.165) is 32.1 Å². The van der Waals surface area contributed by atoms with Gasteiger partial charge in [0.25, 0.3) is 0 Å². The Morgan fingerprint density at radius 2 is 1.64 bits per heavy atom. The molecule has 0 unspecified atom stereocenters. The van der Waals surface area contributed by atoms with E-state index in [1.165, 1.54) is 42.5 Å². The predicted octanol–water partition coefficient (Wildman–Crippen LogP) is 5.82. The molecule has 148 valence electrons. The fourth-order valence-corrected chi connectivity index (χ4v) is 3.64. The van der Waals surface area contributed by atoms with Gasteiger partial charge >= 0.3 is 11.9 Å². The van der Waals surface area contributed by atoms with Crippen LogP contribution in [0.2, 0.25) is 5.02 Å². The number of benzene rings is 2. The Labute approximate surface area is 168 Å². The first-order chi connectivity index (χ1) is 13.5. The highest BCUT2D eigenvalue weighted by molar-refractivity contribution is 6.33. The third kappa shape index (κ3) is 5.10. The van der Waals surface area contributed by atoms with Crippen LogP contribution < -0.4 is 9.47 Å². The van der Waals surface area contributed by atoms with Gasteiger partial charge in [-0.25, -0.2) is 9.18 Å². The Bertz CT molecular complexity index is 842. The Kier molecular flexibility index (Phi) is 6.68. The second-order valence-corrected chi connectivity index (χ2v) is 7.44. The van der Waals surface area contributed by atoms with Gasteiger partial charge in [0.1, 0.15) is 17.3 Å². The van der Waals surface area contributed by atoms with Crippen LogP contribution in [0.1, 0.15) is 49.4 Å². The largest absolute Gasteiger partial charge is 0.426 e. The molecular weight excluding hydrogens is 383 g/mol. The number of carbonyl (C=O) groups excluding carboxylic acids is 2. The van der Waals surface area contributed by atoms with E-state index in [1.54, 1.807) is 0 Å². The summed E-state index contributed by atoms with van der Waals surface area (Å²) in [5.41, 5.74) is 0.134. The Morgan fingerprint density at radius 1 is 1.00 bits per heavy atom. The molecule has 0 radical (unpaired) electrons. The van der Waals surface area contributed by atoms with Gasteiger partial charge in [0.15, 0.2) is 0 Å². The molecule has 0 atom stereocenters. The molecule has 2 aromatic carbocycles. The van der Waals surface area contributed by atoms with E-state index in [2.05, 4.69) is 6.92 Å². The monoisotopic (exact) mass is 404 g/mol. The van der Waals surface area contributed by atoms with Crippen molar-refractivity contribution in [1.29, 1.82) is 0 Å². The first-order valence-corrected chi connectivity index (χ1v) is 9.83. The summed E-state index contributed by atoms with van der Waals surface area (Å²) in [4.78, 5) is 24.6. The van der Waals surface area contributed by atoms with Gasteiger partial charge in [0, 0.05) is 6.07 Å². The number of ether oxygens (including phenoxy) is 2. The van der Waals surface area contributed by atoms with Crippen LogP contribution >= 0.6 is 11.6 Å². The van der Waals surface area contributed by atoms with Crippen molar-refractivity contribution in [2.45, 2.75) is 39.0 Å². The number of esters is 2. The second kappa shape index (κ2) is 9.20. The molecule has 1 saturated carbocycles. The van der Waals surface area contributed by atoms with E-state index < -0.39 is 11.8 Å². The van der Waals surface area contributed by atoms with Crippen LogP contribution in [0.15, 0.2) is 42.5 Å². The zero-order valence-corrected chi connectivity index (χ0v) is 16.4. The zero-order valence-electron chi connectivity index (χ0n) is 15.6. The van der Waals surface area contributed by atoms with Crippen molar-refractivity contribution < 1.29 is 23.5 Å². The number of halogens is 2. The lowest BCUT2D eigenvalue weighted by atomic mass is 9.81. The first-order valence-electron chi connectivity index (χ1n) is 9.45. The van der Waals surface area contributed by atoms with Crippen LogP contribution in [0.3, 0.4) is 0 Å². The van der Waals surface area contributed by atoms with Crippen LogP contribution in [0, 0.1) is 17.7 Å². The Morgan fingerprint density at radius 3 is 2.25 bits per heavy atom. The summed E-state index contributed by atoms with van der Waals surface area (Å²) in [6.45, 7) is 2.17. The average Bonchev–Trinajstić information content (AvgIpc) is 2.69. The summed E-state index contributed by atoms with van der Waals surface area (Å²) in [5.74, 6) is -0.243. The van der Waals surface area contributed by atoms with Crippen molar-refractivity contribution in [1.82, 2.24) is 0 Å². The van der Waals surface area contributed by atoms with E-state index in [-0.39, 0.29) is 28.2 Å². The molecule has 0 bridgehead atoms. The van der Waals surface area contributed by atoms with Crippen molar-refractivity contribution in [3.63, 3.8) is 0 Å². The molecule has 0 aliphatic heterocycles. The molecule has 2 aromatic rings. The molecule has 4 nitrogen and oxygen atoms in total. The van der Waals surface area contributed by atoms with Crippen LogP contribution in [0.4, 0.5) is 4.39 Å². The quantitative estimate of drug-likeness (QED) is 0.465. The maximum atomic E-state index is 12.9. The summed E-state index contributed by atoms with van der Waals surface area (Å²) in [5, 5.41) is 0.118. The Balaban J connectivity index is 1.61. The lowest BCUT2D eigenvalue weighted by Gasteiger charge is -2.26. The highest BCUT2D eigenvalue weighted by Gasteiger charge is 2.27. The third-order valence-corrected chi connectivity index (χ3v) is 5.47. The zero-order chi connectivity index (χ0) is 20.1. The summed E-state index contributed by atoms with van der Waals surface area (Å²) >= 11 is 6.17. The van der Waals surface area contributed by atoms with Gasteiger partial charge in [-0.3, -0.25) is 4.79 Å². The molecule has 6 heteroatoms. The average molecular weight is 405 g/mol. The fourth-order valence-electron chi connectivity index (χ4n) is 3.40. The van der Waals surface area contributed by atoms with Crippen molar-refractivity contribution >= 4 is 23.5 Å². The van der Waals surface area contributed by atoms with Gasteiger partial charge in [-0.2, -0.15) is 0 Å². The molecule has 1 aliphatic carbocycles. The second-order valence-electron chi connectivity index (χ2n) is 7.03. The number of carbonyl (C=O) groups is 2. The van der Waals surface area contributed by atoms with E-state index >= 15 is 0 Å². The molecule has 28 heavy (non-hydrogen) atoms. The summed E-state index contributed by atoms with van der Waals surface area (Å²) < 4.78 is 23.6. The topological polar surface area (TPSA) is 52.6 Å². The lowest BCUT2D eigenvalue weighted by molar-refractivity contribution is -0.140. The minimum absolute atomic E-state index is 0.0929. The van der Waals surface area contributed by atoms with Crippen LogP contribution in [-0.2, 0) is 4.79 Å². The van der Waals surface area contributed by atoms with Gasteiger partial charge in [0.2, 0.25) is 0 Å². The van der Waals surface area contributed by atoms with Crippen LogP contribution in [0.25, 0.3) is 0 Å². The third-order valence-electron chi connectivity index (χ3n) is 5.16.